The SMILES string of the molecule is CCOC(=O)c1c(NC(=O)Cn2nnc(-c3cccc(OC)c3)n2)sc2c1CC[C@@H](C)C2. The van der Waals surface area contributed by atoms with Gasteiger partial charge in [-0.05, 0) is 55.0 Å². The number of amides is 1. The Labute approximate surface area is 189 Å². The van der Waals surface area contributed by atoms with Crippen LogP contribution in [0.3, 0.4) is 0 Å². The highest BCUT2D eigenvalue weighted by Crippen LogP contribution is 2.40. The molecule has 1 aromatic carbocycles. The average Bonchev–Trinajstić information content (AvgIpc) is 3.37. The van der Waals surface area contributed by atoms with Gasteiger partial charge in [0.2, 0.25) is 11.7 Å². The summed E-state index contributed by atoms with van der Waals surface area (Å²) in [7, 11) is 1.58. The number of ether oxygens (including phenoxy) is 2. The number of hydrogen-bond acceptors (Lipinski definition) is 8. The lowest BCUT2D eigenvalue weighted by Gasteiger charge is -2.18. The van der Waals surface area contributed by atoms with Crippen LogP contribution in [-0.2, 0) is 28.9 Å². The molecule has 2 aromatic heterocycles. The van der Waals surface area contributed by atoms with Crippen LogP contribution >= 0.6 is 11.3 Å². The third-order valence-electron chi connectivity index (χ3n) is 5.31. The molecule has 0 unspecified atom stereocenters. The highest BCUT2D eigenvalue weighted by molar-refractivity contribution is 7.17. The molecule has 0 spiro atoms. The number of esters is 1. The van der Waals surface area contributed by atoms with Gasteiger partial charge in [-0.15, -0.1) is 21.5 Å². The van der Waals surface area contributed by atoms with Crippen molar-refractivity contribution in [1.29, 1.82) is 0 Å². The summed E-state index contributed by atoms with van der Waals surface area (Å²) in [4.78, 5) is 27.7. The molecular weight excluding hydrogens is 430 g/mol. The molecule has 0 aliphatic heterocycles. The molecule has 0 radical (unpaired) electrons. The van der Waals surface area contributed by atoms with Gasteiger partial charge in [0.15, 0.2) is 0 Å². The second kappa shape index (κ2) is 9.47. The molecule has 2 heterocycles. The van der Waals surface area contributed by atoms with E-state index in [1.807, 2.05) is 18.2 Å². The minimum absolute atomic E-state index is 0.127. The number of nitrogens with one attached hydrogen (secondary N) is 1. The molecule has 1 aliphatic rings. The van der Waals surface area contributed by atoms with Crippen molar-refractivity contribution in [2.24, 2.45) is 5.92 Å². The molecule has 1 amide bonds. The van der Waals surface area contributed by atoms with Crippen molar-refractivity contribution in [1.82, 2.24) is 20.2 Å². The number of hydrogen-bond donors (Lipinski definition) is 1. The molecule has 1 atom stereocenters. The van der Waals surface area contributed by atoms with Crippen LogP contribution in [0.5, 0.6) is 5.75 Å². The normalized spacial score (nSPS) is 15.2. The Kier molecular flexibility index (Phi) is 6.50. The summed E-state index contributed by atoms with van der Waals surface area (Å²) in [6.45, 7) is 4.12. The summed E-state index contributed by atoms with van der Waals surface area (Å²) in [6, 6.07) is 7.29. The fraction of sp³-hybridized carbons (Fsp3) is 0.409. The number of carbonyl (C=O) groups is 2. The highest BCUT2D eigenvalue weighted by Gasteiger charge is 2.29. The number of benzene rings is 1. The summed E-state index contributed by atoms with van der Waals surface area (Å²) < 4.78 is 10.5. The predicted octanol–water partition coefficient (Wildman–Crippen LogP) is 3.35. The molecule has 32 heavy (non-hydrogen) atoms. The quantitative estimate of drug-likeness (QED) is 0.544. The third kappa shape index (κ3) is 4.64. The topological polar surface area (TPSA) is 108 Å². The lowest BCUT2D eigenvalue weighted by Crippen LogP contribution is -2.21. The van der Waals surface area contributed by atoms with Crippen molar-refractivity contribution in [3.63, 3.8) is 0 Å². The van der Waals surface area contributed by atoms with Crippen molar-refractivity contribution >= 4 is 28.2 Å². The van der Waals surface area contributed by atoms with Gasteiger partial charge < -0.3 is 14.8 Å². The molecule has 1 N–H and O–H groups in total. The van der Waals surface area contributed by atoms with E-state index in [9.17, 15) is 9.59 Å². The highest BCUT2D eigenvalue weighted by atomic mass is 32.1. The maximum atomic E-state index is 12.7. The van der Waals surface area contributed by atoms with E-state index in [0.717, 1.165) is 35.3 Å². The Morgan fingerprint density at radius 1 is 1.34 bits per heavy atom. The van der Waals surface area contributed by atoms with Crippen molar-refractivity contribution in [2.75, 3.05) is 19.0 Å². The van der Waals surface area contributed by atoms with E-state index in [0.29, 0.717) is 28.1 Å². The van der Waals surface area contributed by atoms with E-state index in [2.05, 4.69) is 27.7 Å². The molecule has 0 saturated carbocycles. The van der Waals surface area contributed by atoms with Crippen LogP contribution in [0.25, 0.3) is 11.4 Å². The number of methoxy groups -OCH3 is 1. The standard InChI is InChI=1S/C22H25N5O4S/c1-4-31-22(29)19-16-9-8-13(2)10-17(16)32-21(19)23-18(28)12-27-25-20(24-26-27)14-6-5-7-15(11-14)30-3/h5-7,11,13H,4,8-10,12H2,1-3H3,(H,23,28)/t13-/m1/s1. The zero-order valence-electron chi connectivity index (χ0n) is 18.3. The maximum absolute atomic E-state index is 12.7. The molecule has 9 nitrogen and oxygen atoms in total. The summed E-state index contributed by atoms with van der Waals surface area (Å²) in [5.41, 5.74) is 2.22. The first-order valence-corrected chi connectivity index (χ1v) is 11.3. The van der Waals surface area contributed by atoms with Crippen LogP contribution < -0.4 is 10.1 Å². The maximum Gasteiger partial charge on any atom is 0.341 e. The number of thiophene rings is 1. The molecule has 1 aliphatic carbocycles. The predicted molar refractivity (Wildman–Crippen MR) is 120 cm³/mol. The van der Waals surface area contributed by atoms with Gasteiger partial charge in [-0.25, -0.2) is 4.79 Å². The van der Waals surface area contributed by atoms with Gasteiger partial charge in [0, 0.05) is 10.4 Å². The van der Waals surface area contributed by atoms with Crippen molar-refractivity contribution in [3.05, 3.63) is 40.3 Å². The second-order valence-corrected chi connectivity index (χ2v) is 8.81. The van der Waals surface area contributed by atoms with Gasteiger partial charge in [-0.2, -0.15) is 4.80 Å². The smallest absolute Gasteiger partial charge is 0.341 e. The number of carbonyl (C=O) groups excluding carboxylic acids is 2. The monoisotopic (exact) mass is 455 g/mol. The first-order chi connectivity index (χ1) is 15.5. The van der Waals surface area contributed by atoms with Gasteiger partial charge in [-0.3, -0.25) is 4.79 Å². The lowest BCUT2D eigenvalue weighted by molar-refractivity contribution is -0.117. The van der Waals surface area contributed by atoms with Gasteiger partial charge in [0.1, 0.15) is 17.3 Å². The number of nitrogens with zero attached hydrogens (tertiary/aromatic N) is 4. The lowest BCUT2D eigenvalue weighted by atomic mass is 9.88. The minimum atomic E-state index is -0.394. The molecule has 3 aromatic rings. The fourth-order valence-electron chi connectivity index (χ4n) is 3.74. The first kappa shape index (κ1) is 21.9. The minimum Gasteiger partial charge on any atom is -0.497 e. The van der Waals surface area contributed by atoms with Crippen LogP contribution in [0.15, 0.2) is 24.3 Å². The van der Waals surface area contributed by atoms with Gasteiger partial charge in [-0.1, -0.05) is 19.1 Å². The van der Waals surface area contributed by atoms with Crippen LogP contribution in [0.4, 0.5) is 5.00 Å². The molecule has 10 heteroatoms. The summed E-state index contributed by atoms with van der Waals surface area (Å²) in [5, 5.41) is 15.7. The Hall–Kier alpha value is -3.27. The van der Waals surface area contributed by atoms with E-state index in [1.54, 1.807) is 20.1 Å². The van der Waals surface area contributed by atoms with Crippen molar-refractivity contribution < 1.29 is 19.1 Å². The molecule has 4 rings (SSSR count). The van der Waals surface area contributed by atoms with E-state index < -0.39 is 5.97 Å². The summed E-state index contributed by atoms with van der Waals surface area (Å²) >= 11 is 1.45. The largest absolute Gasteiger partial charge is 0.497 e. The van der Waals surface area contributed by atoms with Gasteiger partial charge in [0.05, 0.1) is 19.3 Å². The zero-order chi connectivity index (χ0) is 22.7. The van der Waals surface area contributed by atoms with Crippen molar-refractivity contribution in [2.45, 2.75) is 39.7 Å². The summed E-state index contributed by atoms with van der Waals surface area (Å²) in [5.74, 6) is 0.892. The number of anilines is 1. The van der Waals surface area contributed by atoms with Gasteiger partial charge in [0.25, 0.3) is 0 Å². The van der Waals surface area contributed by atoms with Crippen LogP contribution in [-0.4, -0.2) is 45.8 Å². The Morgan fingerprint density at radius 3 is 2.97 bits per heavy atom. The first-order valence-electron chi connectivity index (χ1n) is 10.5. The number of tetrazole rings is 1. The van der Waals surface area contributed by atoms with Crippen LogP contribution in [0, 0.1) is 5.92 Å². The van der Waals surface area contributed by atoms with Crippen LogP contribution in [0.1, 0.15) is 41.1 Å². The van der Waals surface area contributed by atoms with E-state index in [4.69, 9.17) is 9.47 Å². The molecule has 0 bridgehead atoms. The third-order valence-corrected chi connectivity index (χ3v) is 6.48. The van der Waals surface area contributed by atoms with Crippen LogP contribution in [0.2, 0.25) is 0 Å². The van der Waals surface area contributed by atoms with Gasteiger partial charge >= 0.3 is 5.97 Å². The molecule has 0 saturated heterocycles. The number of rotatable bonds is 7. The number of fused-ring (bicyclic) bond motifs is 1. The summed E-state index contributed by atoms with van der Waals surface area (Å²) in [6.07, 6.45) is 2.72. The molecular formula is C22H25N5O4S. The Morgan fingerprint density at radius 2 is 2.19 bits per heavy atom. The zero-order valence-corrected chi connectivity index (χ0v) is 19.1. The molecule has 0 fully saturated rings. The second-order valence-electron chi connectivity index (χ2n) is 7.70. The Bertz CT molecular complexity index is 1140. The van der Waals surface area contributed by atoms with Crippen molar-refractivity contribution in [3.8, 4) is 17.1 Å². The van der Waals surface area contributed by atoms with E-state index in [1.165, 1.54) is 16.1 Å². The number of aromatic nitrogens is 4. The van der Waals surface area contributed by atoms with E-state index in [-0.39, 0.29) is 19.1 Å². The Balaban J connectivity index is 1.51. The average molecular weight is 456 g/mol. The fourth-order valence-corrected chi connectivity index (χ4v) is 5.16. The van der Waals surface area contributed by atoms with E-state index >= 15 is 0 Å². The molecule has 168 valence electrons.